The number of fused-ring (bicyclic) bond motifs is 1. The van der Waals surface area contributed by atoms with Gasteiger partial charge in [-0.3, -0.25) is 4.79 Å². The molecule has 1 amide bonds. The van der Waals surface area contributed by atoms with Crippen LogP contribution in [-0.2, 0) is 0 Å². The van der Waals surface area contributed by atoms with Gasteiger partial charge in [-0.15, -0.1) is 0 Å². The van der Waals surface area contributed by atoms with Crippen molar-refractivity contribution in [3.8, 4) is 11.1 Å². The van der Waals surface area contributed by atoms with Crippen LogP contribution in [0.5, 0.6) is 0 Å². The first kappa shape index (κ1) is 21.7. The fourth-order valence-corrected chi connectivity index (χ4v) is 4.79. The number of hydrogen-bond donors (Lipinski definition) is 1. The molecule has 1 aromatic heterocycles. The van der Waals surface area contributed by atoms with Gasteiger partial charge in [-0.1, -0.05) is 71.7 Å². The van der Waals surface area contributed by atoms with E-state index >= 15 is 0 Å². The van der Waals surface area contributed by atoms with E-state index in [1.54, 1.807) is 18.2 Å². The molecule has 0 unspecified atom stereocenters. The van der Waals surface area contributed by atoms with Crippen molar-refractivity contribution in [1.82, 2.24) is 10.3 Å². The third kappa shape index (κ3) is 4.54. The Labute approximate surface area is 203 Å². The Kier molecular flexibility index (Phi) is 6.21. The summed E-state index contributed by atoms with van der Waals surface area (Å²) in [7, 11) is 0. The van der Waals surface area contributed by atoms with Crippen LogP contribution in [0.3, 0.4) is 0 Å². The third-order valence-electron chi connectivity index (χ3n) is 6.18. The predicted octanol–water partition coefficient (Wildman–Crippen LogP) is 6.61. The number of hydrogen-bond acceptors (Lipinski definition) is 3. The Hall–Kier alpha value is -3.08. The Bertz CT molecular complexity index is 1300. The van der Waals surface area contributed by atoms with Gasteiger partial charge in [0.1, 0.15) is 5.82 Å². The maximum Gasteiger partial charge on any atom is 0.253 e. The molecular formula is C27H23Cl2N3O. The zero-order chi connectivity index (χ0) is 22.8. The Morgan fingerprint density at radius 2 is 1.70 bits per heavy atom. The molecule has 4 aromatic rings. The van der Waals surface area contributed by atoms with E-state index in [1.807, 2.05) is 12.3 Å². The van der Waals surface area contributed by atoms with Gasteiger partial charge >= 0.3 is 0 Å². The molecule has 1 N–H and O–H groups in total. The summed E-state index contributed by atoms with van der Waals surface area (Å²) in [6.45, 7) is 1.64. The maximum absolute atomic E-state index is 12.7. The van der Waals surface area contributed by atoms with E-state index in [2.05, 4.69) is 58.7 Å². The van der Waals surface area contributed by atoms with E-state index in [-0.39, 0.29) is 11.9 Å². The molecule has 3 aromatic carbocycles. The molecule has 33 heavy (non-hydrogen) atoms. The van der Waals surface area contributed by atoms with Gasteiger partial charge in [-0.05, 0) is 53.6 Å². The van der Waals surface area contributed by atoms with Crippen LogP contribution in [0.25, 0.3) is 21.9 Å². The quantitative estimate of drug-likeness (QED) is 0.361. The zero-order valence-corrected chi connectivity index (χ0v) is 19.5. The number of carbonyl (C=O) groups excluding carboxylic acids is 1. The van der Waals surface area contributed by atoms with Crippen molar-refractivity contribution >= 4 is 45.7 Å². The lowest BCUT2D eigenvalue weighted by Crippen LogP contribution is -2.45. The van der Waals surface area contributed by atoms with Gasteiger partial charge in [0.25, 0.3) is 5.91 Å². The zero-order valence-electron chi connectivity index (χ0n) is 18.0. The SMILES string of the molecule is O=C(NC1CCN(c2nccc3cc(-c4ccccc4)ccc23)CC1)c1cccc(Cl)c1Cl. The molecule has 0 saturated carbocycles. The molecule has 1 fully saturated rings. The first-order valence-electron chi connectivity index (χ1n) is 11.0. The summed E-state index contributed by atoms with van der Waals surface area (Å²) in [6, 6.07) is 24.2. The number of nitrogens with zero attached hydrogens (tertiary/aromatic N) is 2. The normalized spacial score (nSPS) is 14.4. The van der Waals surface area contributed by atoms with E-state index < -0.39 is 0 Å². The molecule has 1 aliphatic heterocycles. The second-order valence-corrected chi connectivity index (χ2v) is 9.06. The van der Waals surface area contributed by atoms with Crippen molar-refractivity contribution in [3.05, 3.63) is 94.6 Å². The van der Waals surface area contributed by atoms with E-state index in [0.29, 0.717) is 15.6 Å². The van der Waals surface area contributed by atoms with Crippen molar-refractivity contribution < 1.29 is 4.79 Å². The predicted molar refractivity (Wildman–Crippen MR) is 136 cm³/mol. The summed E-state index contributed by atoms with van der Waals surface area (Å²) in [5.74, 6) is 0.812. The minimum absolute atomic E-state index is 0.0865. The molecule has 1 aliphatic rings. The molecule has 6 heteroatoms. The van der Waals surface area contributed by atoms with Gasteiger partial charge in [0.15, 0.2) is 0 Å². The van der Waals surface area contributed by atoms with Crippen LogP contribution in [0, 0.1) is 0 Å². The molecule has 2 heterocycles. The van der Waals surface area contributed by atoms with Gasteiger partial charge in [-0.25, -0.2) is 4.98 Å². The molecule has 166 valence electrons. The number of aromatic nitrogens is 1. The number of nitrogens with one attached hydrogen (secondary N) is 1. The fourth-order valence-electron chi connectivity index (χ4n) is 4.40. The summed E-state index contributed by atoms with van der Waals surface area (Å²) in [5.41, 5.74) is 2.81. The number of pyridine rings is 1. The molecular weight excluding hydrogens is 453 g/mol. The Morgan fingerprint density at radius 3 is 2.48 bits per heavy atom. The van der Waals surface area contributed by atoms with Gasteiger partial charge in [0.05, 0.1) is 15.6 Å². The Morgan fingerprint density at radius 1 is 0.909 bits per heavy atom. The van der Waals surface area contributed by atoms with Crippen molar-refractivity contribution in [2.75, 3.05) is 18.0 Å². The smallest absolute Gasteiger partial charge is 0.253 e. The second-order valence-electron chi connectivity index (χ2n) is 8.27. The summed E-state index contributed by atoms with van der Waals surface area (Å²) >= 11 is 12.3. The number of piperidine rings is 1. The minimum Gasteiger partial charge on any atom is -0.356 e. The Balaban J connectivity index is 1.29. The highest BCUT2D eigenvalue weighted by molar-refractivity contribution is 6.43. The maximum atomic E-state index is 12.7. The van der Waals surface area contributed by atoms with Crippen molar-refractivity contribution in [2.45, 2.75) is 18.9 Å². The fraction of sp³-hybridized carbons (Fsp3) is 0.185. The number of carbonyl (C=O) groups is 1. The van der Waals surface area contributed by atoms with Crippen LogP contribution in [0.15, 0.2) is 79.0 Å². The standard InChI is InChI=1S/C27H23Cl2N3O/c28-24-8-4-7-23(25(24)29)27(33)31-21-12-15-32(16-13-21)26-22-10-9-19(17-20(22)11-14-30-26)18-5-2-1-3-6-18/h1-11,14,17,21H,12-13,15-16H2,(H,31,33). The molecule has 0 radical (unpaired) electrons. The number of anilines is 1. The highest BCUT2D eigenvalue weighted by atomic mass is 35.5. The van der Waals surface area contributed by atoms with Crippen LogP contribution in [0.2, 0.25) is 10.0 Å². The first-order chi connectivity index (χ1) is 16.1. The van der Waals surface area contributed by atoms with E-state index in [9.17, 15) is 4.79 Å². The monoisotopic (exact) mass is 475 g/mol. The molecule has 0 bridgehead atoms. The van der Waals surface area contributed by atoms with E-state index in [4.69, 9.17) is 28.2 Å². The van der Waals surface area contributed by atoms with Crippen LogP contribution in [0.1, 0.15) is 23.2 Å². The van der Waals surface area contributed by atoms with Crippen molar-refractivity contribution in [1.29, 1.82) is 0 Å². The van der Waals surface area contributed by atoms with Crippen LogP contribution in [-0.4, -0.2) is 30.0 Å². The van der Waals surface area contributed by atoms with Crippen molar-refractivity contribution in [3.63, 3.8) is 0 Å². The topological polar surface area (TPSA) is 45.2 Å². The largest absolute Gasteiger partial charge is 0.356 e. The first-order valence-corrected chi connectivity index (χ1v) is 11.8. The highest BCUT2D eigenvalue weighted by Crippen LogP contribution is 2.31. The van der Waals surface area contributed by atoms with E-state index in [1.165, 1.54) is 16.5 Å². The second kappa shape index (κ2) is 9.42. The molecule has 0 aliphatic carbocycles. The van der Waals surface area contributed by atoms with Gasteiger partial charge in [0.2, 0.25) is 0 Å². The van der Waals surface area contributed by atoms with E-state index in [0.717, 1.165) is 37.1 Å². The lowest BCUT2D eigenvalue weighted by atomic mass is 10.0. The third-order valence-corrected chi connectivity index (χ3v) is 7.00. The van der Waals surface area contributed by atoms with Gasteiger partial charge in [0, 0.05) is 30.7 Å². The molecule has 0 spiro atoms. The average Bonchev–Trinajstić information content (AvgIpc) is 2.86. The molecule has 4 nitrogen and oxygen atoms in total. The average molecular weight is 476 g/mol. The van der Waals surface area contributed by atoms with Gasteiger partial charge < -0.3 is 10.2 Å². The lowest BCUT2D eigenvalue weighted by molar-refractivity contribution is 0.0931. The number of benzene rings is 3. The van der Waals surface area contributed by atoms with Crippen LogP contribution < -0.4 is 10.2 Å². The van der Waals surface area contributed by atoms with Crippen LogP contribution >= 0.6 is 23.2 Å². The number of rotatable bonds is 4. The summed E-state index contributed by atoms with van der Waals surface area (Å²) in [6.07, 6.45) is 3.55. The van der Waals surface area contributed by atoms with Gasteiger partial charge in [-0.2, -0.15) is 0 Å². The molecule has 1 saturated heterocycles. The summed E-state index contributed by atoms with van der Waals surface area (Å²) < 4.78 is 0. The number of halogens is 2. The molecule has 5 rings (SSSR count). The van der Waals surface area contributed by atoms with Crippen molar-refractivity contribution in [2.24, 2.45) is 0 Å². The molecule has 0 atom stereocenters. The van der Waals surface area contributed by atoms with Crippen LogP contribution in [0.4, 0.5) is 5.82 Å². The summed E-state index contributed by atoms with van der Waals surface area (Å²) in [4.78, 5) is 19.7. The lowest BCUT2D eigenvalue weighted by Gasteiger charge is -2.33. The summed E-state index contributed by atoms with van der Waals surface area (Å²) in [5, 5.41) is 6.11. The highest BCUT2D eigenvalue weighted by Gasteiger charge is 2.24. The minimum atomic E-state index is -0.183. The number of amides is 1.